The van der Waals surface area contributed by atoms with E-state index in [4.69, 9.17) is 4.42 Å². The van der Waals surface area contributed by atoms with Crippen LogP contribution >= 0.6 is 0 Å². The molecule has 0 radical (unpaired) electrons. The quantitative estimate of drug-likeness (QED) is 0.688. The number of aromatic nitrogens is 1. The van der Waals surface area contributed by atoms with Gasteiger partial charge in [0.2, 0.25) is 5.91 Å². The number of rotatable bonds is 3. The number of hydrogen-bond donors (Lipinski definition) is 0. The molecule has 4 nitrogen and oxygen atoms in total. The standard InChI is InChI=1S/C22H21FN2O2/c23-16-7-5-14(6-8-16)17-13-18(17)22(26)25-11-9-15(10-12-25)21-24-19-3-1-2-4-20(19)27-21/h1-8,15,17-18H,9-13H2. The molecular formula is C22H21FN2O2. The normalized spacial score (nSPS) is 22.9. The van der Waals surface area contributed by atoms with E-state index in [2.05, 4.69) is 4.98 Å². The van der Waals surface area contributed by atoms with Crippen molar-refractivity contribution in [2.75, 3.05) is 13.1 Å². The van der Waals surface area contributed by atoms with Gasteiger partial charge in [-0.25, -0.2) is 9.37 Å². The van der Waals surface area contributed by atoms with E-state index in [0.29, 0.717) is 0 Å². The Bertz CT molecular complexity index is 940. The van der Waals surface area contributed by atoms with Gasteiger partial charge in [0.25, 0.3) is 0 Å². The highest BCUT2D eigenvalue weighted by atomic mass is 19.1. The number of piperidine rings is 1. The molecule has 1 saturated heterocycles. The molecular weight excluding hydrogens is 343 g/mol. The van der Waals surface area contributed by atoms with Crippen LogP contribution in [0.4, 0.5) is 4.39 Å². The molecule has 5 heteroatoms. The van der Waals surface area contributed by atoms with E-state index in [1.165, 1.54) is 12.1 Å². The number of hydrogen-bond acceptors (Lipinski definition) is 3. The molecule has 0 N–H and O–H groups in total. The second kappa shape index (κ2) is 6.48. The molecule has 138 valence electrons. The molecule has 2 unspecified atom stereocenters. The van der Waals surface area contributed by atoms with Gasteiger partial charge >= 0.3 is 0 Å². The molecule has 2 heterocycles. The highest BCUT2D eigenvalue weighted by molar-refractivity contribution is 5.83. The molecule has 2 aliphatic rings. The third-order valence-corrected chi connectivity index (χ3v) is 5.87. The minimum Gasteiger partial charge on any atom is -0.440 e. The van der Waals surface area contributed by atoms with Gasteiger partial charge in [-0.3, -0.25) is 4.79 Å². The molecule has 0 spiro atoms. The lowest BCUT2D eigenvalue weighted by Crippen LogP contribution is -2.39. The van der Waals surface area contributed by atoms with Crippen molar-refractivity contribution >= 4 is 17.0 Å². The van der Waals surface area contributed by atoms with Crippen LogP contribution < -0.4 is 0 Å². The molecule has 3 aromatic rings. The molecule has 5 rings (SSSR count). The second-order valence-corrected chi connectivity index (χ2v) is 7.62. The maximum absolute atomic E-state index is 13.1. The second-order valence-electron chi connectivity index (χ2n) is 7.62. The molecule has 1 aliphatic carbocycles. The van der Waals surface area contributed by atoms with E-state index in [-0.39, 0.29) is 29.5 Å². The maximum Gasteiger partial charge on any atom is 0.226 e. The summed E-state index contributed by atoms with van der Waals surface area (Å²) in [5.74, 6) is 1.36. The van der Waals surface area contributed by atoms with E-state index in [0.717, 1.165) is 54.9 Å². The van der Waals surface area contributed by atoms with Gasteiger partial charge in [-0.2, -0.15) is 0 Å². The topological polar surface area (TPSA) is 46.3 Å². The van der Waals surface area contributed by atoms with Crippen molar-refractivity contribution in [1.82, 2.24) is 9.88 Å². The van der Waals surface area contributed by atoms with Gasteiger partial charge in [-0.05, 0) is 55.0 Å². The molecule has 1 aromatic heterocycles. The van der Waals surface area contributed by atoms with Crippen molar-refractivity contribution in [3.8, 4) is 0 Å². The first-order valence-electron chi connectivity index (χ1n) is 9.59. The van der Waals surface area contributed by atoms with E-state index in [9.17, 15) is 9.18 Å². The first-order chi connectivity index (χ1) is 13.2. The fourth-order valence-electron chi connectivity index (χ4n) is 4.19. The lowest BCUT2D eigenvalue weighted by molar-refractivity contribution is -0.133. The number of carbonyl (C=O) groups excluding carboxylic acids is 1. The monoisotopic (exact) mass is 364 g/mol. The molecule has 27 heavy (non-hydrogen) atoms. The van der Waals surface area contributed by atoms with Gasteiger partial charge in [0.1, 0.15) is 11.3 Å². The Morgan fingerprint density at radius 2 is 1.81 bits per heavy atom. The van der Waals surface area contributed by atoms with E-state index < -0.39 is 0 Å². The number of nitrogens with zero attached hydrogens (tertiary/aromatic N) is 2. The summed E-state index contributed by atoms with van der Waals surface area (Å²) in [6, 6.07) is 14.4. The predicted molar refractivity (Wildman–Crippen MR) is 99.8 cm³/mol. The van der Waals surface area contributed by atoms with Gasteiger partial charge in [0, 0.05) is 24.9 Å². The average molecular weight is 364 g/mol. The summed E-state index contributed by atoms with van der Waals surface area (Å²) in [7, 11) is 0. The SMILES string of the molecule is O=C(C1CC1c1ccc(F)cc1)N1CCC(c2nc3ccccc3o2)CC1. The summed E-state index contributed by atoms with van der Waals surface area (Å²) in [4.78, 5) is 19.4. The Balaban J connectivity index is 1.20. The zero-order valence-electron chi connectivity index (χ0n) is 15.0. The number of fused-ring (bicyclic) bond motifs is 1. The Morgan fingerprint density at radius 3 is 2.56 bits per heavy atom. The van der Waals surface area contributed by atoms with Crippen LogP contribution in [0.5, 0.6) is 0 Å². The van der Waals surface area contributed by atoms with Crippen LogP contribution in [-0.4, -0.2) is 28.9 Å². The van der Waals surface area contributed by atoms with Crippen molar-refractivity contribution in [3.63, 3.8) is 0 Å². The number of halogens is 1. The summed E-state index contributed by atoms with van der Waals surface area (Å²) >= 11 is 0. The third-order valence-electron chi connectivity index (χ3n) is 5.87. The maximum atomic E-state index is 13.1. The Kier molecular flexibility index (Phi) is 3.96. The van der Waals surface area contributed by atoms with Crippen LogP contribution in [0.3, 0.4) is 0 Å². The molecule has 2 atom stereocenters. The summed E-state index contributed by atoms with van der Waals surface area (Å²) in [5, 5.41) is 0. The molecule has 1 amide bonds. The highest BCUT2D eigenvalue weighted by Gasteiger charge is 2.46. The number of amides is 1. The van der Waals surface area contributed by atoms with Gasteiger partial charge in [-0.1, -0.05) is 24.3 Å². The average Bonchev–Trinajstić information content (AvgIpc) is 3.38. The smallest absolute Gasteiger partial charge is 0.226 e. The first-order valence-corrected chi connectivity index (χ1v) is 9.59. The van der Waals surface area contributed by atoms with Crippen LogP contribution in [-0.2, 0) is 4.79 Å². The predicted octanol–water partition coefficient (Wildman–Crippen LogP) is 4.48. The minimum absolute atomic E-state index is 0.0522. The number of benzene rings is 2. The molecule has 2 aromatic carbocycles. The summed E-state index contributed by atoms with van der Waals surface area (Å²) < 4.78 is 19.0. The fraction of sp³-hybridized carbons (Fsp3) is 0.364. The van der Waals surface area contributed by atoms with E-state index in [1.54, 1.807) is 12.1 Å². The third kappa shape index (κ3) is 3.11. The van der Waals surface area contributed by atoms with Crippen LogP contribution in [0, 0.1) is 11.7 Å². The van der Waals surface area contributed by atoms with E-state index in [1.807, 2.05) is 29.2 Å². The first kappa shape index (κ1) is 16.5. The van der Waals surface area contributed by atoms with Crippen molar-refractivity contribution in [2.24, 2.45) is 5.92 Å². The molecule has 1 saturated carbocycles. The molecule has 2 fully saturated rings. The summed E-state index contributed by atoms with van der Waals surface area (Å²) in [6.45, 7) is 1.49. The molecule has 0 bridgehead atoms. The highest BCUT2D eigenvalue weighted by Crippen LogP contribution is 2.49. The Morgan fingerprint density at radius 1 is 1.07 bits per heavy atom. The van der Waals surface area contributed by atoms with Gasteiger partial charge in [0.05, 0.1) is 0 Å². The number of likely N-dealkylation sites (tertiary alicyclic amines) is 1. The number of carbonyl (C=O) groups is 1. The van der Waals surface area contributed by atoms with Gasteiger partial charge in [0.15, 0.2) is 11.5 Å². The largest absolute Gasteiger partial charge is 0.440 e. The van der Waals surface area contributed by atoms with Crippen LogP contribution in [0.2, 0.25) is 0 Å². The zero-order valence-corrected chi connectivity index (χ0v) is 15.0. The fourth-order valence-corrected chi connectivity index (χ4v) is 4.19. The number of oxazole rings is 1. The van der Waals surface area contributed by atoms with Gasteiger partial charge in [-0.15, -0.1) is 0 Å². The Hall–Kier alpha value is -2.69. The minimum atomic E-state index is -0.233. The van der Waals surface area contributed by atoms with Gasteiger partial charge < -0.3 is 9.32 Å². The van der Waals surface area contributed by atoms with Crippen molar-refractivity contribution in [3.05, 3.63) is 65.8 Å². The summed E-state index contributed by atoms with van der Waals surface area (Å²) in [5.41, 5.74) is 2.79. The Labute approximate surface area is 157 Å². The number of para-hydroxylation sites is 2. The summed E-state index contributed by atoms with van der Waals surface area (Å²) in [6.07, 6.45) is 2.63. The van der Waals surface area contributed by atoms with Crippen LogP contribution in [0.15, 0.2) is 52.9 Å². The van der Waals surface area contributed by atoms with Crippen LogP contribution in [0.1, 0.15) is 42.6 Å². The van der Waals surface area contributed by atoms with Crippen molar-refractivity contribution < 1.29 is 13.6 Å². The lowest BCUT2D eigenvalue weighted by Gasteiger charge is -2.31. The van der Waals surface area contributed by atoms with Crippen molar-refractivity contribution in [2.45, 2.75) is 31.1 Å². The van der Waals surface area contributed by atoms with E-state index >= 15 is 0 Å². The lowest BCUT2D eigenvalue weighted by atomic mass is 9.96. The van der Waals surface area contributed by atoms with Crippen LogP contribution in [0.25, 0.3) is 11.1 Å². The zero-order chi connectivity index (χ0) is 18.4. The molecule has 1 aliphatic heterocycles. The van der Waals surface area contributed by atoms with Crippen molar-refractivity contribution in [1.29, 1.82) is 0 Å².